The second-order valence-electron chi connectivity index (χ2n) is 2.68. The molecule has 0 nitrogen and oxygen atoms in total. The largest absolute Gasteiger partial charge is 0.195 e. The number of alkyl halides is 1. The molecule has 1 aromatic carbocycles. The highest BCUT2D eigenvalue weighted by Crippen LogP contribution is 2.32. The van der Waals surface area contributed by atoms with E-state index in [0.29, 0.717) is 10.9 Å². The molecule has 0 aliphatic carbocycles. The standard InChI is InChI=1S/C9H5Cl2FS/c10-4-5-1-6-3-8(12)13-9(6)7(11)2-5/h1-3H,4H2. The Morgan fingerprint density at radius 2 is 2.08 bits per heavy atom. The van der Waals surface area contributed by atoms with Crippen LogP contribution >= 0.6 is 34.5 Å². The van der Waals surface area contributed by atoms with E-state index in [9.17, 15) is 4.39 Å². The van der Waals surface area contributed by atoms with Crippen molar-refractivity contribution >= 4 is 44.6 Å². The quantitative estimate of drug-likeness (QED) is 0.641. The SMILES string of the molecule is Fc1cc2cc(CCl)cc(Cl)c2s1. The van der Waals surface area contributed by atoms with E-state index in [2.05, 4.69) is 0 Å². The Kier molecular flexibility index (Phi) is 2.45. The van der Waals surface area contributed by atoms with Gasteiger partial charge in [0.2, 0.25) is 0 Å². The molecule has 1 heterocycles. The lowest BCUT2D eigenvalue weighted by Gasteiger charge is -1.97. The van der Waals surface area contributed by atoms with Gasteiger partial charge in [-0.15, -0.1) is 22.9 Å². The highest BCUT2D eigenvalue weighted by atomic mass is 35.5. The van der Waals surface area contributed by atoms with Gasteiger partial charge in [-0.05, 0) is 29.1 Å². The first kappa shape index (κ1) is 9.25. The molecule has 1 aromatic heterocycles. The highest BCUT2D eigenvalue weighted by Gasteiger charge is 2.06. The first-order valence-corrected chi connectivity index (χ1v) is 5.37. The van der Waals surface area contributed by atoms with Crippen LogP contribution in [0.1, 0.15) is 5.56 Å². The molecule has 0 N–H and O–H groups in total. The molecule has 0 spiro atoms. The van der Waals surface area contributed by atoms with E-state index in [1.54, 1.807) is 6.07 Å². The molecule has 0 aliphatic heterocycles. The Hall–Kier alpha value is -0.310. The monoisotopic (exact) mass is 234 g/mol. The lowest BCUT2D eigenvalue weighted by atomic mass is 10.2. The zero-order valence-electron chi connectivity index (χ0n) is 6.48. The molecule has 0 saturated heterocycles. The lowest BCUT2D eigenvalue weighted by molar-refractivity contribution is 0.658. The molecule has 68 valence electrons. The fraction of sp³-hybridized carbons (Fsp3) is 0.111. The molecule has 0 unspecified atom stereocenters. The van der Waals surface area contributed by atoms with Crippen LogP contribution in [0.4, 0.5) is 4.39 Å². The van der Waals surface area contributed by atoms with Crippen LogP contribution in [0, 0.1) is 5.13 Å². The van der Waals surface area contributed by atoms with Crippen molar-refractivity contribution in [2.75, 3.05) is 0 Å². The van der Waals surface area contributed by atoms with Gasteiger partial charge in [-0.2, -0.15) is 4.39 Å². The number of hydrogen-bond acceptors (Lipinski definition) is 1. The molecule has 2 rings (SSSR count). The predicted octanol–water partition coefficient (Wildman–Crippen LogP) is 4.43. The van der Waals surface area contributed by atoms with Crippen LogP contribution in [0.2, 0.25) is 5.02 Å². The number of halogens is 3. The third kappa shape index (κ3) is 1.66. The fourth-order valence-corrected chi connectivity index (χ4v) is 2.51. The molecule has 4 heteroatoms. The Balaban J connectivity index is 2.75. The second kappa shape index (κ2) is 3.45. The topological polar surface area (TPSA) is 0 Å². The third-order valence-electron chi connectivity index (χ3n) is 1.75. The molecule has 0 amide bonds. The van der Waals surface area contributed by atoms with Crippen LogP contribution in [-0.4, -0.2) is 0 Å². The van der Waals surface area contributed by atoms with Gasteiger partial charge >= 0.3 is 0 Å². The maximum Gasteiger partial charge on any atom is 0.177 e. The molecular formula is C9H5Cl2FS. The van der Waals surface area contributed by atoms with Gasteiger partial charge in [-0.1, -0.05) is 11.6 Å². The highest BCUT2D eigenvalue weighted by molar-refractivity contribution is 7.18. The van der Waals surface area contributed by atoms with E-state index in [1.165, 1.54) is 6.07 Å². The number of thiophene rings is 1. The molecule has 0 atom stereocenters. The summed E-state index contributed by atoms with van der Waals surface area (Å²) in [6.07, 6.45) is 0. The summed E-state index contributed by atoms with van der Waals surface area (Å²) in [4.78, 5) is 0. The minimum Gasteiger partial charge on any atom is -0.195 e. The summed E-state index contributed by atoms with van der Waals surface area (Å²) >= 11 is 12.7. The molecule has 0 saturated carbocycles. The summed E-state index contributed by atoms with van der Waals surface area (Å²) in [6, 6.07) is 5.10. The molecule has 2 aromatic rings. The van der Waals surface area contributed by atoms with Crippen molar-refractivity contribution in [2.45, 2.75) is 5.88 Å². The van der Waals surface area contributed by atoms with Crippen molar-refractivity contribution in [1.29, 1.82) is 0 Å². The average Bonchev–Trinajstić information content (AvgIpc) is 2.46. The number of fused-ring (bicyclic) bond motifs is 1. The van der Waals surface area contributed by atoms with E-state index in [4.69, 9.17) is 23.2 Å². The molecule has 0 bridgehead atoms. The molecular weight excluding hydrogens is 230 g/mol. The van der Waals surface area contributed by atoms with Gasteiger partial charge in [0.25, 0.3) is 0 Å². The summed E-state index contributed by atoms with van der Waals surface area (Å²) < 4.78 is 13.6. The van der Waals surface area contributed by atoms with E-state index in [0.717, 1.165) is 27.0 Å². The molecule has 0 aliphatic rings. The molecule has 0 radical (unpaired) electrons. The number of hydrogen-bond donors (Lipinski definition) is 0. The van der Waals surface area contributed by atoms with E-state index in [-0.39, 0.29) is 5.13 Å². The van der Waals surface area contributed by atoms with Crippen molar-refractivity contribution in [1.82, 2.24) is 0 Å². The molecule has 13 heavy (non-hydrogen) atoms. The van der Waals surface area contributed by atoms with E-state index >= 15 is 0 Å². The summed E-state index contributed by atoms with van der Waals surface area (Å²) in [5, 5.41) is 1.18. The average molecular weight is 235 g/mol. The number of benzene rings is 1. The first-order chi connectivity index (χ1) is 6.20. The lowest BCUT2D eigenvalue weighted by Crippen LogP contribution is -1.76. The fourth-order valence-electron chi connectivity index (χ4n) is 1.21. The number of rotatable bonds is 1. The van der Waals surface area contributed by atoms with Gasteiger partial charge in [-0.3, -0.25) is 0 Å². The van der Waals surface area contributed by atoms with Gasteiger partial charge < -0.3 is 0 Å². The van der Waals surface area contributed by atoms with Crippen molar-refractivity contribution in [2.24, 2.45) is 0 Å². The zero-order chi connectivity index (χ0) is 9.42. The summed E-state index contributed by atoms with van der Waals surface area (Å²) in [5.74, 6) is 0.396. The second-order valence-corrected chi connectivity index (χ2v) is 4.36. The predicted molar refractivity (Wildman–Crippen MR) is 56.4 cm³/mol. The third-order valence-corrected chi connectivity index (χ3v) is 3.45. The normalized spacial score (nSPS) is 11.0. The maximum atomic E-state index is 12.9. The van der Waals surface area contributed by atoms with Crippen molar-refractivity contribution in [3.05, 3.63) is 33.9 Å². The van der Waals surface area contributed by atoms with Crippen LogP contribution in [0.25, 0.3) is 10.1 Å². The van der Waals surface area contributed by atoms with Crippen LogP contribution in [0.3, 0.4) is 0 Å². The summed E-state index contributed by atoms with van der Waals surface area (Å²) in [6.45, 7) is 0. The maximum absolute atomic E-state index is 12.9. The van der Waals surface area contributed by atoms with Crippen LogP contribution in [0.15, 0.2) is 18.2 Å². The van der Waals surface area contributed by atoms with Gasteiger partial charge in [0.1, 0.15) is 0 Å². The minimum atomic E-state index is -0.219. The van der Waals surface area contributed by atoms with Crippen molar-refractivity contribution < 1.29 is 4.39 Å². The summed E-state index contributed by atoms with van der Waals surface area (Å²) in [5.41, 5.74) is 0.914. The van der Waals surface area contributed by atoms with Gasteiger partial charge in [0.05, 0.1) is 9.72 Å². The summed E-state index contributed by atoms with van der Waals surface area (Å²) in [7, 11) is 0. The zero-order valence-corrected chi connectivity index (χ0v) is 8.81. The van der Waals surface area contributed by atoms with E-state index in [1.807, 2.05) is 6.07 Å². The van der Waals surface area contributed by atoms with Crippen LogP contribution in [-0.2, 0) is 5.88 Å². The Morgan fingerprint density at radius 1 is 1.31 bits per heavy atom. The van der Waals surface area contributed by atoms with Gasteiger partial charge in [-0.25, -0.2) is 0 Å². The van der Waals surface area contributed by atoms with E-state index < -0.39 is 0 Å². The smallest absolute Gasteiger partial charge is 0.177 e. The Morgan fingerprint density at radius 3 is 2.77 bits per heavy atom. The van der Waals surface area contributed by atoms with Gasteiger partial charge in [0.15, 0.2) is 5.13 Å². The Bertz CT molecular complexity index is 450. The Labute approximate surface area is 88.9 Å². The van der Waals surface area contributed by atoms with Crippen molar-refractivity contribution in [3.63, 3.8) is 0 Å². The van der Waals surface area contributed by atoms with Crippen LogP contribution in [0.5, 0.6) is 0 Å². The molecule has 0 fully saturated rings. The van der Waals surface area contributed by atoms with Crippen LogP contribution < -0.4 is 0 Å². The minimum absolute atomic E-state index is 0.219. The van der Waals surface area contributed by atoms with Crippen molar-refractivity contribution in [3.8, 4) is 0 Å². The van der Waals surface area contributed by atoms with Gasteiger partial charge in [0, 0.05) is 5.88 Å². The first-order valence-electron chi connectivity index (χ1n) is 3.64.